The second-order valence-electron chi connectivity index (χ2n) is 2.78. The van der Waals surface area contributed by atoms with Gasteiger partial charge in [0.1, 0.15) is 17.7 Å². The fraction of sp³-hybridized carbons (Fsp3) is 0.0909. The molecule has 16 heavy (non-hydrogen) atoms. The van der Waals surface area contributed by atoms with Crippen molar-refractivity contribution in [3.05, 3.63) is 35.8 Å². The number of benzene rings is 1. The summed E-state index contributed by atoms with van der Waals surface area (Å²) < 4.78 is 17.8. The number of methoxy groups -OCH3 is 1. The van der Waals surface area contributed by atoms with Gasteiger partial charge in [0, 0.05) is 18.0 Å². The van der Waals surface area contributed by atoms with Crippen LogP contribution < -0.4 is 10.1 Å². The lowest BCUT2D eigenvalue weighted by Gasteiger charge is -2.05. The third-order valence-corrected chi connectivity index (χ3v) is 1.78. The van der Waals surface area contributed by atoms with E-state index in [-0.39, 0.29) is 11.3 Å². The van der Waals surface area contributed by atoms with Gasteiger partial charge in [0.05, 0.1) is 7.11 Å². The van der Waals surface area contributed by atoms with Crippen molar-refractivity contribution >= 4 is 5.69 Å². The van der Waals surface area contributed by atoms with Gasteiger partial charge in [0.15, 0.2) is 11.6 Å². The van der Waals surface area contributed by atoms with Gasteiger partial charge in [-0.15, -0.1) is 0 Å². The number of anilines is 1. The molecular formula is C11H8FN3O. The number of nitrogens with zero attached hydrogens (tertiary/aromatic N) is 2. The number of nitrogens with one attached hydrogen (secondary N) is 1. The van der Waals surface area contributed by atoms with Crippen molar-refractivity contribution in [1.29, 1.82) is 10.5 Å². The molecule has 1 rings (SSSR count). The third-order valence-electron chi connectivity index (χ3n) is 1.78. The molecule has 80 valence electrons. The molecule has 0 aliphatic heterocycles. The summed E-state index contributed by atoms with van der Waals surface area (Å²) in [6.07, 6.45) is 1.24. The average molecular weight is 217 g/mol. The Morgan fingerprint density at radius 2 is 2.12 bits per heavy atom. The maximum Gasteiger partial charge on any atom is 0.165 e. The Kier molecular flexibility index (Phi) is 3.88. The Balaban J connectivity index is 2.88. The molecule has 0 aliphatic rings. The zero-order valence-corrected chi connectivity index (χ0v) is 8.49. The van der Waals surface area contributed by atoms with Crippen molar-refractivity contribution in [1.82, 2.24) is 0 Å². The highest BCUT2D eigenvalue weighted by Crippen LogP contribution is 2.21. The molecule has 0 aliphatic carbocycles. The van der Waals surface area contributed by atoms with Gasteiger partial charge in [-0.2, -0.15) is 10.5 Å². The molecule has 1 aromatic rings. The minimum atomic E-state index is -0.474. The van der Waals surface area contributed by atoms with Crippen molar-refractivity contribution in [2.24, 2.45) is 0 Å². The smallest absolute Gasteiger partial charge is 0.165 e. The lowest BCUT2D eigenvalue weighted by atomic mass is 10.3. The summed E-state index contributed by atoms with van der Waals surface area (Å²) in [6, 6.07) is 7.52. The van der Waals surface area contributed by atoms with E-state index in [1.807, 2.05) is 0 Å². The highest BCUT2D eigenvalue weighted by molar-refractivity contribution is 5.52. The largest absolute Gasteiger partial charge is 0.494 e. The van der Waals surface area contributed by atoms with Crippen LogP contribution in [0.1, 0.15) is 0 Å². The van der Waals surface area contributed by atoms with Gasteiger partial charge in [0.2, 0.25) is 0 Å². The normalized spacial score (nSPS) is 8.50. The van der Waals surface area contributed by atoms with Crippen molar-refractivity contribution in [2.75, 3.05) is 12.4 Å². The highest BCUT2D eigenvalue weighted by atomic mass is 19.1. The van der Waals surface area contributed by atoms with Crippen LogP contribution in [-0.4, -0.2) is 7.11 Å². The molecule has 1 N–H and O–H groups in total. The predicted octanol–water partition coefficient (Wildman–Crippen LogP) is 2.18. The van der Waals surface area contributed by atoms with Gasteiger partial charge in [-0.25, -0.2) is 4.39 Å². The van der Waals surface area contributed by atoms with Crippen LogP contribution >= 0.6 is 0 Å². The second-order valence-corrected chi connectivity index (χ2v) is 2.78. The van der Waals surface area contributed by atoms with E-state index in [0.717, 1.165) is 0 Å². The summed E-state index contributed by atoms with van der Waals surface area (Å²) in [5, 5.41) is 19.7. The van der Waals surface area contributed by atoms with E-state index in [2.05, 4.69) is 5.32 Å². The average Bonchev–Trinajstić information content (AvgIpc) is 2.32. The molecule has 4 nitrogen and oxygen atoms in total. The number of rotatable bonds is 3. The van der Waals surface area contributed by atoms with Crippen LogP contribution in [0.4, 0.5) is 10.1 Å². The van der Waals surface area contributed by atoms with Crippen LogP contribution in [0.15, 0.2) is 30.0 Å². The Morgan fingerprint density at radius 3 is 2.69 bits per heavy atom. The van der Waals surface area contributed by atoms with E-state index in [1.165, 1.54) is 31.5 Å². The molecule has 1 aromatic carbocycles. The lowest BCUT2D eigenvalue weighted by Crippen LogP contribution is -1.93. The number of hydrogen-bond donors (Lipinski definition) is 1. The first-order chi connectivity index (χ1) is 7.71. The number of allylic oxidation sites excluding steroid dienone is 1. The second kappa shape index (κ2) is 5.38. The quantitative estimate of drug-likeness (QED) is 0.788. The van der Waals surface area contributed by atoms with Crippen molar-refractivity contribution in [3.8, 4) is 17.9 Å². The van der Waals surface area contributed by atoms with Gasteiger partial charge >= 0.3 is 0 Å². The van der Waals surface area contributed by atoms with Gasteiger partial charge < -0.3 is 10.1 Å². The van der Waals surface area contributed by atoms with Gasteiger partial charge in [-0.05, 0) is 12.1 Å². The van der Waals surface area contributed by atoms with Crippen molar-refractivity contribution < 1.29 is 9.13 Å². The molecular weight excluding hydrogens is 209 g/mol. The van der Waals surface area contributed by atoms with Crippen molar-refractivity contribution in [3.63, 3.8) is 0 Å². The molecule has 0 unspecified atom stereocenters. The monoisotopic (exact) mass is 217 g/mol. The standard InChI is InChI=1S/C11H8FN3O/c1-16-11-4-9(2-3-10(11)12)15-7-8(5-13)6-14/h2-4,7,15H,1H3. The van der Waals surface area contributed by atoms with E-state index < -0.39 is 5.82 Å². The third kappa shape index (κ3) is 2.73. The molecule has 0 aromatic heterocycles. The molecule has 0 bridgehead atoms. The Labute approximate surface area is 92.2 Å². The van der Waals surface area contributed by atoms with Gasteiger partial charge in [-0.3, -0.25) is 0 Å². The lowest BCUT2D eigenvalue weighted by molar-refractivity contribution is 0.387. The fourth-order valence-electron chi connectivity index (χ4n) is 0.995. The molecule has 0 amide bonds. The maximum atomic E-state index is 13.0. The van der Waals surface area contributed by atoms with Gasteiger partial charge in [0.25, 0.3) is 0 Å². The molecule has 0 radical (unpaired) electrons. The van der Waals surface area contributed by atoms with Crippen molar-refractivity contribution in [2.45, 2.75) is 0 Å². The Hall–Kier alpha value is -2.53. The number of ether oxygens (including phenoxy) is 1. The molecule has 0 spiro atoms. The zero-order valence-electron chi connectivity index (χ0n) is 8.49. The zero-order chi connectivity index (χ0) is 12.0. The van der Waals surface area contributed by atoms with Crippen LogP contribution in [0.3, 0.4) is 0 Å². The van der Waals surface area contributed by atoms with E-state index >= 15 is 0 Å². The van der Waals surface area contributed by atoms with E-state index in [0.29, 0.717) is 5.69 Å². The summed E-state index contributed by atoms with van der Waals surface area (Å²) in [5.74, 6) is -0.383. The van der Waals surface area contributed by atoms with Crippen LogP contribution in [0.5, 0.6) is 5.75 Å². The van der Waals surface area contributed by atoms with Crippen LogP contribution in [-0.2, 0) is 0 Å². The minimum absolute atomic E-state index is 0.0664. The van der Waals surface area contributed by atoms with E-state index in [1.54, 1.807) is 12.1 Å². The molecule has 0 saturated heterocycles. The number of nitriles is 2. The first kappa shape index (κ1) is 11.5. The maximum absolute atomic E-state index is 13.0. The molecule has 0 heterocycles. The van der Waals surface area contributed by atoms with Gasteiger partial charge in [-0.1, -0.05) is 0 Å². The summed E-state index contributed by atoms with van der Waals surface area (Å²) in [6.45, 7) is 0. The Bertz CT molecular complexity index is 481. The molecule has 0 atom stereocenters. The minimum Gasteiger partial charge on any atom is -0.494 e. The first-order valence-corrected chi connectivity index (χ1v) is 4.31. The van der Waals surface area contributed by atoms with E-state index in [4.69, 9.17) is 15.3 Å². The summed E-state index contributed by atoms with van der Waals surface area (Å²) in [5.41, 5.74) is 0.463. The SMILES string of the molecule is COc1cc(NC=C(C#N)C#N)ccc1F. The first-order valence-electron chi connectivity index (χ1n) is 4.31. The Morgan fingerprint density at radius 1 is 1.44 bits per heavy atom. The topological polar surface area (TPSA) is 68.8 Å². The fourth-order valence-corrected chi connectivity index (χ4v) is 0.995. The molecule has 0 fully saturated rings. The summed E-state index contributed by atoms with van der Waals surface area (Å²) in [7, 11) is 1.36. The highest BCUT2D eigenvalue weighted by Gasteiger charge is 2.02. The predicted molar refractivity (Wildman–Crippen MR) is 55.9 cm³/mol. The number of halogens is 1. The summed E-state index contributed by atoms with van der Waals surface area (Å²) >= 11 is 0. The molecule has 0 saturated carbocycles. The molecule has 5 heteroatoms. The van der Waals surface area contributed by atoms with Crippen LogP contribution in [0.2, 0.25) is 0 Å². The number of hydrogen-bond acceptors (Lipinski definition) is 4. The summed E-state index contributed by atoms with van der Waals surface area (Å²) in [4.78, 5) is 0. The van der Waals surface area contributed by atoms with Crippen LogP contribution in [0.25, 0.3) is 0 Å². The van der Waals surface area contributed by atoms with Crippen LogP contribution in [0, 0.1) is 28.5 Å². The van der Waals surface area contributed by atoms with E-state index in [9.17, 15) is 4.39 Å².